The zero-order valence-corrected chi connectivity index (χ0v) is 19.1. The summed E-state index contributed by atoms with van der Waals surface area (Å²) in [5.74, 6) is 1.53. The summed E-state index contributed by atoms with van der Waals surface area (Å²) < 4.78 is 5.91. The first-order valence-corrected chi connectivity index (χ1v) is 11.3. The minimum absolute atomic E-state index is 0.301. The molecule has 0 bridgehead atoms. The Morgan fingerprint density at radius 3 is 1.88 bits per heavy atom. The van der Waals surface area contributed by atoms with Crippen LogP contribution in [0.15, 0.2) is 103 Å². The number of halogens is 2. The average Bonchev–Trinajstić information content (AvgIpc) is 3.31. The van der Waals surface area contributed by atoms with Gasteiger partial charge in [-0.3, -0.25) is 0 Å². The summed E-state index contributed by atoms with van der Waals surface area (Å²) in [5, 5.41) is 1.19. The molecule has 0 unspecified atom stereocenters. The third-order valence-electron chi connectivity index (χ3n) is 5.39. The first-order valence-electron chi connectivity index (χ1n) is 10.6. The summed E-state index contributed by atoms with van der Waals surface area (Å²) in [5.41, 5.74) is 5.81. The minimum Gasteiger partial charge on any atom is -0.489 e. The van der Waals surface area contributed by atoms with Gasteiger partial charge in [0.25, 0.3) is 0 Å². The van der Waals surface area contributed by atoms with E-state index in [2.05, 4.69) is 29.2 Å². The lowest BCUT2D eigenvalue weighted by Crippen LogP contribution is -1.97. The van der Waals surface area contributed by atoms with E-state index in [4.69, 9.17) is 32.9 Å². The molecule has 0 saturated carbocycles. The summed E-state index contributed by atoms with van der Waals surface area (Å²) in [6, 6.07) is 33.7. The number of ether oxygens (including phenoxy) is 1. The summed E-state index contributed by atoms with van der Waals surface area (Å²) >= 11 is 12.5. The van der Waals surface area contributed by atoms with Crippen LogP contribution in [0.1, 0.15) is 5.56 Å². The van der Waals surface area contributed by atoms with E-state index >= 15 is 0 Å². The Kier molecular flexibility index (Phi) is 6.16. The highest BCUT2D eigenvalue weighted by Gasteiger charge is 2.15. The molecule has 0 atom stereocenters. The van der Waals surface area contributed by atoms with Crippen molar-refractivity contribution in [1.29, 1.82) is 0 Å². The van der Waals surface area contributed by atoms with Crippen LogP contribution in [-0.2, 0) is 6.61 Å². The van der Waals surface area contributed by atoms with Crippen LogP contribution in [0.5, 0.6) is 5.75 Å². The van der Waals surface area contributed by atoms with Crippen LogP contribution < -0.4 is 4.74 Å². The summed E-state index contributed by atoms with van der Waals surface area (Å²) in [7, 11) is 0. The Balaban J connectivity index is 1.43. The maximum atomic E-state index is 6.24. The molecule has 4 aromatic carbocycles. The second kappa shape index (κ2) is 9.53. The SMILES string of the molecule is Clc1cccc(Cl)c1COc1ccc(-c2nc(-c3ccccc3)c(-c3ccccc3)[nH]2)cc1. The number of imidazole rings is 1. The van der Waals surface area contributed by atoms with Gasteiger partial charge < -0.3 is 9.72 Å². The predicted octanol–water partition coefficient (Wildman–Crippen LogP) is 8.30. The van der Waals surface area contributed by atoms with Crippen molar-refractivity contribution in [2.75, 3.05) is 0 Å². The quantitative estimate of drug-likeness (QED) is 0.271. The second-order valence-corrected chi connectivity index (χ2v) is 8.37. The molecule has 0 radical (unpaired) electrons. The highest BCUT2D eigenvalue weighted by molar-refractivity contribution is 6.35. The summed E-state index contributed by atoms with van der Waals surface area (Å²) in [4.78, 5) is 8.46. The standard InChI is InChI=1S/C28H20Cl2N2O/c29-24-12-7-13-25(30)23(24)18-33-22-16-14-21(15-17-22)28-31-26(19-8-3-1-4-9-19)27(32-28)20-10-5-2-6-11-20/h1-17H,18H2,(H,31,32). The molecule has 1 N–H and O–H groups in total. The van der Waals surface area contributed by atoms with Crippen LogP contribution in [0.25, 0.3) is 33.9 Å². The monoisotopic (exact) mass is 470 g/mol. The average molecular weight is 471 g/mol. The van der Waals surface area contributed by atoms with E-state index in [1.165, 1.54) is 0 Å². The van der Waals surface area contributed by atoms with E-state index in [1.54, 1.807) is 12.1 Å². The van der Waals surface area contributed by atoms with Crippen molar-refractivity contribution in [3.05, 3.63) is 119 Å². The van der Waals surface area contributed by atoms with Gasteiger partial charge in [0.2, 0.25) is 0 Å². The van der Waals surface area contributed by atoms with Gasteiger partial charge >= 0.3 is 0 Å². The van der Waals surface area contributed by atoms with Crippen molar-refractivity contribution < 1.29 is 4.74 Å². The maximum Gasteiger partial charge on any atom is 0.138 e. The molecule has 0 saturated heterocycles. The third-order valence-corrected chi connectivity index (χ3v) is 6.09. The predicted molar refractivity (Wildman–Crippen MR) is 136 cm³/mol. The summed E-state index contributed by atoms with van der Waals surface area (Å²) in [6.07, 6.45) is 0. The van der Waals surface area contributed by atoms with Crippen molar-refractivity contribution in [3.63, 3.8) is 0 Å². The highest BCUT2D eigenvalue weighted by Crippen LogP contribution is 2.33. The number of aromatic nitrogens is 2. The Bertz CT molecular complexity index is 1290. The lowest BCUT2D eigenvalue weighted by Gasteiger charge is -2.09. The molecule has 0 aliphatic rings. The molecule has 3 nitrogen and oxygen atoms in total. The Hall–Kier alpha value is -3.53. The molecule has 0 fully saturated rings. The molecular weight excluding hydrogens is 451 g/mol. The molecule has 162 valence electrons. The smallest absolute Gasteiger partial charge is 0.138 e. The van der Waals surface area contributed by atoms with Crippen LogP contribution in [0.4, 0.5) is 0 Å². The van der Waals surface area contributed by atoms with Crippen LogP contribution in [-0.4, -0.2) is 9.97 Å². The number of hydrogen-bond acceptors (Lipinski definition) is 2. The van der Waals surface area contributed by atoms with Gasteiger partial charge in [0.1, 0.15) is 18.2 Å². The van der Waals surface area contributed by atoms with E-state index < -0.39 is 0 Å². The molecule has 0 amide bonds. The molecule has 0 aliphatic heterocycles. The Morgan fingerprint density at radius 2 is 1.24 bits per heavy atom. The fourth-order valence-corrected chi connectivity index (χ4v) is 4.17. The number of benzene rings is 4. The van der Waals surface area contributed by atoms with Crippen LogP contribution in [0.3, 0.4) is 0 Å². The largest absolute Gasteiger partial charge is 0.489 e. The number of hydrogen-bond donors (Lipinski definition) is 1. The normalized spacial score (nSPS) is 10.8. The Labute approximate surface area is 202 Å². The van der Waals surface area contributed by atoms with E-state index in [0.29, 0.717) is 16.7 Å². The molecule has 33 heavy (non-hydrogen) atoms. The van der Waals surface area contributed by atoms with Crippen molar-refractivity contribution in [3.8, 4) is 39.7 Å². The van der Waals surface area contributed by atoms with E-state index in [-0.39, 0.29) is 0 Å². The highest BCUT2D eigenvalue weighted by atomic mass is 35.5. The molecule has 5 rings (SSSR count). The molecule has 5 aromatic rings. The topological polar surface area (TPSA) is 37.9 Å². The van der Waals surface area contributed by atoms with Gasteiger partial charge in [0.05, 0.1) is 11.4 Å². The van der Waals surface area contributed by atoms with Crippen LogP contribution in [0.2, 0.25) is 10.0 Å². The van der Waals surface area contributed by atoms with Crippen LogP contribution >= 0.6 is 23.2 Å². The summed E-state index contributed by atoms with van der Waals surface area (Å²) in [6.45, 7) is 0.301. The first-order chi connectivity index (χ1) is 16.2. The first kappa shape index (κ1) is 21.3. The van der Waals surface area contributed by atoms with Crippen molar-refractivity contribution >= 4 is 23.2 Å². The van der Waals surface area contributed by atoms with Gasteiger partial charge in [-0.05, 0) is 36.4 Å². The van der Waals surface area contributed by atoms with E-state index in [1.807, 2.05) is 66.7 Å². The van der Waals surface area contributed by atoms with Crippen molar-refractivity contribution in [2.45, 2.75) is 6.61 Å². The molecular formula is C28H20Cl2N2O. The van der Waals surface area contributed by atoms with Gasteiger partial charge in [0, 0.05) is 32.3 Å². The zero-order chi connectivity index (χ0) is 22.6. The Morgan fingerprint density at radius 1 is 0.636 bits per heavy atom. The van der Waals surface area contributed by atoms with Gasteiger partial charge in [-0.2, -0.15) is 0 Å². The van der Waals surface area contributed by atoms with Gasteiger partial charge in [-0.25, -0.2) is 4.98 Å². The maximum absolute atomic E-state index is 6.24. The molecule has 0 aliphatic carbocycles. The minimum atomic E-state index is 0.301. The molecule has 0 spiro atoms. The van der Waals surface area contributed by atoms with Crippen LogP contribution in [0, 0.1) is 0 Å². The van der Waals surface area contributed by atoms with Crippen molar-refractivity contribution in [2.24, 2.45) is 0 Å². The number of rotatable bonds is 6. The molecule has 1 aromatic heterocycles. The van der Waals surface area contributed by atoms with E-state index in [9.17, 15) is 0 Å². The fourth-order valence-electron chi connectivity index (χ4n) is 3.66. The van der Waals surface area contributed by atoms with E-state index in [0.717, 1.165) is 45.2 Å². The number of aromatic amines is 1. The van der Waals surface area contributed by atoms with Gasteiger partial charge in [-0.15, -0.1) is 0 Å². The van der Waals surface area contributed by atoms with Gasteiger partial charge in [0.15, 0.2) is 0 Å². The number of H-pyrrole nitrogens is 1. The molecule has 5 heteroatoms. The lowest BCUT2D eigenvalue weighted by atomic mass is 10.1. The third kappa shape index (κ3) is 4.65. The second-order valence-electron chi connectivity index (χ2n) is 7.55. The van der Waals surface area contributed by atoms with Gasteiger partial charge in [-0.1, -0.05) is 89.9 Å². The zero-order valence-electron chi connectivity index (χ0n) is 17.6. The fraction of sp³-hybridized carbons (Fsp3) is 0.0357. The number of nitrogens with zero attached hydrogens (tertiary/aromatic N) is 1. The van der Waals surface area contributed by atoms with Crippen molar-refractivity contribution in [1.82, 2.24) is 9.97 Å². The lowest BCUT2D eigenvalue weighted by molar-refractivity contribution is 0.306. The molecule has 1 heterocycles. The number of nitrogens with one attached hydrogen (secondary N) is 1.